The molecule has 0 unspecified atom stereocenters. The second-order valence-corrected chi connectivity index (χ2v) is 13.2. The molecule has 0 rings (SSSR count). The summed E-state index contributed by atoms with van der Waals surface area (Å²) in [7, 11) is 0. The van der Waals surface area contributed by atoms with Gasteiger partial charge < -0.3 is 30.9 Å². The van der Waals surface area contributed by atoms with Crippen molar-refractivity contribution in [1.82, 2.24) is 0 Å². The highest BCUT2D eigenvalue weighted by atomic mass is 79.9. The zero-order chi connectivity index (χ0) is 30.8. The molecular formula is C38H78BrNO3. The number of rotatable bonds is 35. The van der Waals surface area contributed by atoms with Crippen molar-refractivity contribution in [2.45, 2.75) is 195 Å². The third-order valence-electron chi connectivity index (χ3n) is 9.07. The summed E-state index contributed by atoms with van der Waals surface area (Å²) in [5.41, 5.74) is 0. The number of esters is 1. The van der Waals surface area contributed by atoms with E-state index in [4.69, 9.17) is 9.47 Å². The van der Waals surface area contributed by atoms with Crippen molar-refractivity contribution in [2.24, 2.45) is 0 Å². The lowest BCUT2D eigenvalue weighted by Gasteiger charge is -2.38. The first-order chi connectivity index (χ1) is 20.6. The van der Waals surface area contributed by atoms with Gasteiger partial charge in [-0.1, -0.05) is 156 Å². The standard InChI is InChI=1S/C38H78NO3.BrH/c1-5-9-11-13-15-17-19-20-21-22-24-26-28-30-38(40)42-37-36-41-35-34-39(31-7-3,32-8-4)33-29-27-25-23-18-16-14-12-10-6-2;/h5-37H2,1-4H3;1H/q+1;/p-1. The first-order valence-corrected chi connectivity index (χ1v) is 19.2. The molecule has 0 atom stereocenters. The van der Waals surface area contributed by atoms with Gasteiger partial charge in [0.15, 0.2) is 0 Å². The van der Waals surface area contributed by atoms with Crippen LogP contribution in [0.15, 0.2) is 0 Å². The van der Waals surface area contributed by atoms with Crippen LogP contribution in [0.2, 0.25) is 0 Å². The van der Waals surface area contributed by atoms with Crippen LogP contribution in [0.5, 0.6) is 0 Å². The van der Waals surface area contributed by atoms with Gasteiger partial charge in [-0.25, -0.2) is 0 Å². The fourth-order valence-electron chi connectivity index (χ4n) is 6.49. The molecule has 0 radical (unpaired) electrons. The Morgan fingerprint density at radius 3 is 1.23 bits per heavy atom. The summed E-state index contributed by atoms with van der Waals surface area (Å²) in [6, 6.07) is 0. The summed E-state index contributed by atoms with van der Waals surface area (Å²) in [6.07, 6.45) is 34.2. The molecule has 0 N–H and O–H groups in total. The zero-order valence-electron chi connectivity index (χ0n) is 29.9. The third-order valence-corrected chi connectivity index (χ3v) is 9.07. The fraction of sp³-hybridized carbons (Fsp3) is 0.974. The average Bonchev–Trinajstić information content (AvgIpc) is 2.98. The van der Waals surface area contributed by atoms with Crippen molar-refractivity contribution in [3.63, 3.8) is 0 Å². The number of ether oxygens (including phenoxy) is 2. The molecule has 0 spiro atoms. The number of hydrogen-bond donors (Lipinski definition) is 0. The molecule has 0 aromatic rings. The smallest absolute Gasteiger partial charge is 0.305 e. The van der Waals surface area contributed by atoms with Crippen molar-refractivity contribution in [1.29, 1.82) is 0 Å². The van der Waals surface area contributed by atoms with Crippen LogP contribution in [0.25, 0.3) is 0 Å². The van der Waals surface area contributed by atoms with Gasteiger partial charge in [-0.05, 0) is 32.1 Å². The van der Waals surface area contributed by atoms with E-state index in [1.54, 1.807) is 0 Å². The van der Waals surface area contributed by atoms with Crippen LogP contribution in [-0.2, 0) is 14.3 Å². The van der Waals surface area contributed by atoms with Crippen LogP contribution >= 0.6 is 0 Å². The van der Waals surface area contributed by atoms with Gasteiger partial charge >= 0.3 is 5.97 Å². The molecule has 260 valence electrons. The van der Waals surface area contributed by atoms with Gasteiger partial charge in [-0.3, -0.25) is 4.79 Å². The molecule has 0 aliphatic carbocycles. The lowest BCUT2D eigenvalue weighted by atomic mass is 10.0. The van der Waals surface area contributed by atoms with Crippen LogP contribution in [0, 0.1) is 0 Å². The molecule has 0 aromatic heterocycles. The maximum Gasteiger partial charge on any atom is 0.305 e. The van der Waals surface area contributed by atoms with Gasteiger partial charge in [-0.15, -0.1) is 0 Å². The summed E-state index contributed by atoms with van der Waals surface area (Å²) in [4.78, 5) is 12.1. The topological polar surface area (TPSA) is 35.5 Å². The number of unbranched alkanes of at least 4 members (excludes halogenated alkanes) is 21. The van der Waals surface area contributed by atoms with E-state index in [0.29, 0.717) is 19.6 Å². The summed E-state index contributed by atoms with van der Waals surface area (Å²) < 4.78 is 12.6. The van der Waals surface area contributed by atoms with Crippen molar-refractivity contribution in [3.05, 3.63) is 0 Å². The molecule has 0 fully saturated rings. The molecule has 0 saturated carbocycles. The first-order valence-electron chi connectivity index (χ1n) is 19.2. The van der Waals surface area contributed by atoms with Gasteiger partial charge in [0.2, 0.25) is 0 Å². The van der Waals surface area contributed by atoms with Crippen LogP contribution < -0.4 is 17.0 Å². The molecule has 5 heteroatoms. The highest BCUT2D eigenvalue weighted by Crippen LogP contribution is 2.16. The highest BCUT2D eigenvalue weighted by Gasteiger charge is 2.24. The molecule has 0 aliphatic heterocycles. The van der Waals surface area contributed by atoms with E-state index >= 15 is 0 Å². The van der Waals surface area contributed by atoms with E-state index in [-0.39, 0.29) is 23.0 Å². The Balaban J connectivity index is 0. The third kappa shape index (κ3) is 31.6. The number of halogens is 1. The second-order valence-electron chi connectivity index (χ2n) is 13.2. The first kappa shape index (κ1) is 45.0. The van der Waals surface area contributed by atoms with E-state index in [1.165, 1.54) is 172 Å². The Morgan fingerprint density at radius 2 is 0.814 bits per heavy atom. The summed E-state index contributed by atoms with van der Waals surface area (Å²) in [5.74, 6) is -0.0512. The van der Waals surface area contributed by atoms with Gasteiger partial charge in [0.1, 0.15) is 13.2 Å². The van der Waals surface area contributed by atoms with Crippen molar-refractivity contribution >= 4 is 5.97 Å². The Kier molecular flexibility index (Phi) is 38.0. The maximum atomic E-state index is 12.1. The zero-order valence-corrected chi connectivity index (χ0v) is 31.5. The molecule has 0 aromatic carbocycles. The molecule has 4 nitrogen and oxygen atoms in total. The van der Waals surface area contributed by atoms with Crippen molar-refractivity contribution in [3.8, 4) is 0 Å². The van der Waals surface area contributed by atoms with E-state index in [0.717, 1.165) is 26.0 Å². The van der Waals surface area contributed by atoms with E-state index < -0.39 is 0 Å². The molecule has 0 saturated heterocycles. The predicted molar refractivity (Wildman–Crippen MR) is 184 cm³/mol. The Labute approximate surface area is 281 Å². The van der Waals surface area contributed by atoms with E-state index in [1.807, 2.05) is 0 Å². The summed E-state index contributed by atoms with van der Waals surface area (Å²) in [5, 5.41) is 0. The lowest BCUT2D eigenvalue weighted by Crippen LogP contribution is -3.00. The minimum absolute atomic E-state index is 0. The second kappa shape index (κ2) is 36.3. The Bertz CT molecular complexity index is 539. The van der Waals surface area contributed by atoms with Crippen molar-refractivity contribution in [2.75, 3.05) is 46.0 Å². The Hall–Kier alpha value is -0.130. The van der Waals surface area contributed by atoms with E-state index in [2.05, 4.69) is 27.7 Å². The highest BCUT2D eigenvalue weighted by molar-refractivity contribution is 5.69. The molecule has 0 heterocycles. The van der Waals surface area contributed by atoms with Crippen LogP contribution in [-0.4, -0.2) is 56.5 Å². The fourth-order valence-corrected chi connectivity index (χ4v) is 6.49. The van der Waals surface area contributed by atoms with Gasteiger partial charge in [-0.2, -0.15) is 0 Å². The number of hydrogen-bond acceptors (Lipinski definition) is 3. The van der Waals surface area contributed by atoms with Crippen LogP contribution in [0.1, 0.15) is 195 Å². The SMILES string of the molecule is CCCCCCCCCCCCCCCC(=O)OCCOCC[N+](CCC)(CCC)CCCCCCCCCCCC.[Br-]. The predicted octanol–water partition coefficient (Wildman–Crippen LogP) is 8.59. The molecule has 43 heavy (non-hydrogen) atoms. The minimum atomic E-state index is -0.0512. The van der Waals surface area contributed by atoms with Crippen molar-refractivity contribution < 1.29 is 35.7 Å². The van der Waals surface area contributed by atoms with E-state index in [9.17, 15) is 4.79 Å². The number of quaternary nitrogens is 1. The van der Waals surface area contributed by atoms with Gasteiger partial charge in [0.05, 0.1) is 32.8 Å². The van der Waals surface area contributed by atoms with Crippen LogP contribution in [0.4, 0.5) is 0 Å². The molecular weight excluding hydrogens is 598 g/mol. The van der Waals surface area contributed by atoms with Gasteiger partial charge in [0.25, 0.3) is 0 Å². The normalized spacial score (nSPS) is 11.5. The maximum absolute atomic E-state index is 12.1. The monoisotopic (exact) mass is 676 g/mol. The average molecular weight is 677 g/mol. The quantitative estimate of drug-likeness (QED) is 0.0383. The minimum Gasteiger partial charge on any atom is -1.00 e. The number of carbonyl (C=O) groups excluding carboxylic acids is 1. The van der Waals surface area contributed by atoms with Crippen LogP contribution in [0.3, 0.4) is 0 Å². The molecule has 0 aliphatic rings. The summed E-state index contributed by atoms with van der Waals surface area (Å²) >= 11 is 0. The molecule has 0 amide bonds. The summed E-state index contributed by atoms with van der Waals surface area (Å²) in [6.45, 7) is 15.8. The number of carbonyl (C=O) groups is 1. The molecule has 0 bridgehead atoms. The largest absolute Gasteiger partial charge is 1.00 e. The lowest BCUT2D eigenvalue weighted by molar-refractivity contribution is -0.928. The Morgan fingerprint density at radius 1 is 0.419 bits per heavy atom. The number of nitrogens with zero attached hydrogens (tertiary/aromatic N) is 1. The van der Waals surface area contributed by atoms with Gasteiger partial charge in [0, 0.05) is 6.42 Å².